The highest BCUT2D eigenvalue weighted by molar-refractivity contribution is 6.51. The van der Waals surface area contributed by atoms with E-state index in [1.807, 2.05) is 48.7 Å². The number of hydrogen-bond donors (Lipinski definition) is 2. The summed E-state index contributed by atoms with van der Waals surface area (Å²) in [4.78, 5) is 31.8. The van der Waals surface area contributed by atoms with Gasteiger partial charge in [0.25, 0.3) is 11.8 Å². The maximum absolute atomic E-state index is 13.2. The summed E-state index contributed by atoms with van der Waals surface area (Å²) < 4.78 is 7.85. The van der Waals surface area contributed by atoms with Crippen LogP contribution < -0.4 is 10.1 Å². The van der Waals surface area contributed by atoms with E-state index in [1.165, 1.54) is 0 Å². The number of nitrogens with zero attached hydrogens (tertiary/aromatic N) is 2. The zero-order valence-corrected chi connectivity index (χ0v) is 19.6. The maximum atomic E-state index is 13.2. The van der Waals surface area contributed by atoms with Crippen LogP contribution in [0.25, 0.3) is 33.0 Å². The molecule has 0 aliphatic carbocycles. The van der Waals surface area contributed by atoms with Gasteiger partial charge in [0.15, 0.2) is 0 Å². The van der Waals surface area contributed by atoms with Crippen LogP contribution >= 0.6 is 0 Å². The van der Waals surface area contributed by atoms with Crippen molar-refractivity contribution >= 4 is 44.8 Å². The summed E-state index contributed by atoms with van der Waals surface area (Å²) in [7, 11) is 1.63. The van der Waals surface area contributed by atoms with Gasteiger partial charge in [-0.15, -0.1) is 0 Å². The second-order valence-electron chi connectivity index (χ2n) is 8.40. The van der Waals surface area contributed by atoms with Gasteiger partial charge in [0.2, 0.25) is 0 Å². The fourth-order valence-corrected chi connectivity index (χ4v) is 4.90. The molecule has 0 atom stereocenters. The fourth-order valence-electron chi connectivity index (χ4n) is 4.90. The molecule has 0 bridgehead atoms. The monoisotopic (exact) mass is 456 g/mol. The highest BCUT2D eigenvalue weighted by Crippen LogP contribution is 2.41. The van der Waals surface area contributed by atoms with Crippen molar-refractivity contribution in [3.8, 4) is 5.75 Å². The van der Waals surface area contributed by atoms with E-state index in [-0.39, 0.29) is 11.8 Å². The van der Waals surface area contributed by atoms with Crippen molar-refractivity contribution in [2.45, 2.75) is 20.4 Å². The van der Waals surface area contributed by atoms with Gasteiger partial charge in [-0.2, -0.15) is 0 Å². The molecule has 4 aromatic rings. The van der Waals surface area contributed by atoms with Gasteiger partial charge in [0.1, 0.15) is 5.75 Å². The summed E-state index contributed by atoms with van der Waals surface area (Å²) in [5.41, 5.74) is 4.07. The third-order valence-corrected chi connectivity index (χ3v) is 6.70. The van der Waals surface area contributed by atoms with Gasteiger partial charge in [0, 0.05) is 52.9 Å². The van der Waals surface area contributed by atoms with Gasteiger partial charge in [-0.3, -0.25) is 14.9 Å². The Hall–Kier alpha value is -3.84. The highest BCUT2D eigenvalue weighted by Gasteiger charge is 2.35. The number of imide groups is 1. The van der Waals surface area contributed by atoms with E-state index in [4.69, 9.17) is 4.74 Å². The first kappa shape index (κ1) is 22.0. The van der Waals surface area contributed by atoms with E-state index in [0.29, 0.717) is 28.0 Å². The third-order valence-electron chi connectivity index (χ3n) is 6.70. The summed E-state index contributed by atoms with van der Waals surface area (Å²) in [5.74, 6) is -0.102. The fraction of sp³-hybridized carbons (Fsp3) is 0.259. The molecule has 3 heterocycles. The average molecular weight is 457 g/mol. The second kappa shape index (κ2) is 8.83. The first-order chi connectivity index (χ1) is 16.6. The predicted octanol–water partition coefficient (Wildman–Crippen LogP) is 4.04. The Morgan fingerprint density at radius 3 is 2.41 bits per heavy atom. The molecular formula is C27H28N4O3. The molecule has 7 heteroatoms. The number of hydrogen-bond acceptors (Lipinski definition) is 4. The number of benzene rings is 2. The Balaban J connectivity index is 1.75. The van der Waals surface area contributed by atoms with Gasteiger partial charge < -0.3 is 19.2 Å². The quantitative estimate of drug-likeness (QED) is 0.392. The van der Waals surface area contributed by atoms with E-state index in [9.17, 15) is 9.59 Å². The van der Waals surface area contributed by atoms with Crippen LogP contribution in [0.3, 0.4) is 0 Å². The number of nitrogens with one attached hydrogen (secondary N) is 2. The van der Waals surface area contributed by atoms with Crippen molar-refractivity contribution in [1.29, 1.82) is 0 Å². The van der Waals surface area contributed by atoms with Gasteiger partial charge in [0.05, 0.1) is 23.8 Å². The van der Waals surface area contributed by atoms with Crippen LogP contribution in [0.1, 0.15) is 25.0 Å². The molecule has 7 nitrogen and oxygen atoms in total. The standard InChI is InChI=1S/C27H28N4O3/c1-4-30(5-2)13-14-31-16-19(23-21(31)11-8-12-22(23)34-3)25-24(26(32)29-27(25)33)18-15-28-20-10-7-6-9-17(18)20/h6-12,15-16,28H,4-5,13-14H2,1-3H3,(H,29,32,33). The van der Waals surface area contributed by atoms with Crippen LogP contribution in [-0.2, 0) is 16.1 Å². The zero-order valence-electron chi connectivity index (χ0n) is 19.6. The summed E-state index contributed by atoms with van der Waals surface area (Å²) in [6.45, 7) is 7.89. The Morgan fingerprint density at radius 1 is 0.941 bits per heavy atom. The van der Waals surface area contributed by atoms with Crippen molar-refractivity contribution in [3.63, 3.8) is 0 Å². The van der Waals surface area contributed by atoms with Crippen molar-refractivity contribution < 1.29 is 14.3 Å². The van der Waals surface area contributed by atoms with Crippen molar-refractivity contribution in [1.82, 2.24) is 19.8 Å². The maximum Gasteiger partial charge on any atom is 0.259 e. The molecule has 0 radical (unpaired) electrons. The van der Waals surface area contributed by atoms with Crippen molar-refractivity contribution in [2.24, 2.45) is 0 Å². The lowest BCUT2D eigenvalue weighted by atomic mass is 9.95. The number of para-hydroxylation sites is 1. The number of aromatic amines is 1. The second-order valence-corrected chi connectivity index (χ2v) is 8.40. The van der Waals surface area contributed by atoms with Gasteiger partial charge in [-0.05, 0) is 31.3 Å². The number of methoxy groups -OCH3 is 1. The van der Waals surface area contributed by atoms with Crippen LogP contribution in [0.4, 0.5) is 0 Å². The van der Waals surface area contributed by atoms with Crippen LogP contribution in [0.2, 0.25) is 0 Å². The number of fused-ring (bicyclic) bond motifs is 2. The lowest BCUT2D eigenvalue weighted by Gasteiger charge is -2.18. The SMILES string of the molecule is CCN(CC)CCn1cc(C2=C(c3c[nH]c4ccccc34)C(=O)NC2=O)c2c(OC)cccc21. The molecule has 2 amide bonds. The number of amides is 2. The molecule has 0 saturated heterocycles. The number of rotatable bonds is 8. The normalized spacial score (nSPS) is 14.1. The molecule has 0 unspecified atom stereocenters. The van der Waals surface area contributed by atoms with Crippen LogP contribution in [0.5, 0.6) is 5.75 Å². The van der Waals surface area contributed by atoms with Crippen LogP contribution in [-0.4, -0.2) is 53.0 Å². The molecule has 174 valence electrons. The number of H-pyrrole nitrogens is 1. The molecule has 5 rings (SSSR count). The Morgan fingerprint density at radius 2 is 1.68 bits per heavy atom. The Kier molecular flexibility index (Phi) is 5.71. The summed E-state index contributed by atoms with van der Waals surface area (Å²) in [6, 6.07) is 13.6. The number of aromatic nitrogens is 2. The highest BCUT2D eigenvalue weighted by atomic mass is 16.5. The van der Waals surface area contributed by atoms with Gasteiger partial charge >= 0.3 is 0 Å². The summed E-state index contributed by atoms with van der Waals surface area (Å²) in [5, 5.41) is 4.26. The van der Waals surface area contributed by atoms with Crippen molar-refractivity contribution in [2.75, 3.05) is 26.7 Å². The minimum absolute atomic E-state index is 0.380. The minimum Gasteiger partial charge on any atom is -0.496 e. The first-order valence-corrected chi connectivity index (χ1v) is 11.6. The topological polar surface area (TPSA) is 79.4 Å². The van der Waals surface area contributed by atoms with Crippen LogP contribution in [0.15, 0.2) is 54.9 Å². The molecule has 34 heavy (non-hydrogen) atoms. The number of carbonyl (C=O) groups is 2. The van der Waals surface area contributed by atoms with Gasteiger partial charge in [-0.25, -0.2) is 0 Å². The molecule has 0 saturated carbocycles. The Bertz CT molecular complexity index is 1440. The number of likely N-dealkylation sites (N-methyl/N-ethyl adjacent to an activating group) is 1. The lowest BCUT2D eigenvalue weighted by Crippen LogP contribution is -2.26. The average Bonchev–Trinajstić information content (AvgIpc) is 3.52. The first-order valence-electron chi connectivity index (χ1n) is 11.6. The van der Waals surface area contributed by atoms with Crippen LogP contribution in [0, 0.1) is 0 Å². The molecular weight excluding hydrogens is 428 g/mol. The predicted molar refractivity (Wildman–Crippen MR) is 135 cm³/mol. The van der Waals surface area contributed by atoms with Gasteiger partial charge in [-0.1, -0.05) is 38.1 Å². The molecule has 2 aromatic heterocycles. The van der Waals surface area contributed by atoms with Crippen molar-refractivity contribution in [3.05, 3.63) is 66.0 Å². The number of carbonyl (C=O) groups excluding carboxylic acids is 2. The van der Waals surface area contributed by atoms with E-state index in [0.717, 1.165) is 48.0 Å². The largest absolute Gasteiger partial charge is 0.496 e. The lowest BCUT2D eigenvalue weighted by molar-refractivity contribution is -0.122. The summed E-state index contributed by atoms with van der Waals surface area (Å²) >= 11 is 0. The smallest absolute Gasteiger partial charge is 0.259 e. The minimum atomic E-state index is -0.390. The van der Waals surface area contributed by atoms with E-state index < -0.39 is 0 Å². The summed E-state index contributed by atoms with van der Waals surface area (Å²) in [6.07, 6.45) is 3.79. The molecule has 0 fully saturated rings. The molecule has 1 aliphatic heterocycles. The molecule has 0 spiro atoms. The van der Waals surface area contributed by atoms with E-state index >= 15 is 0 Å². The number of ether oxygens (including phenoxy) is 1. The van der Waals surface area contributed by atoms with E-state index in [2.05, 4.69) is 33.6 Å². The Labute approximate surface area is 198 Å². The molecule has 2 aromatic carbocycles. The molecule has 1 aliphatic rings. The zero-order chi connectivity index (χ0) is 23.8. The third kappa shape index (κ3) is 3.49. The van der Waals surface area contributed by atoms with E-state index in [1.54, 1.807) is 13.3 Å². The molecule has 2 N–H and O–H groups in total.